The standard InChI is InChI=1S/C18H17Cl2NO6S/c1-11-3-6-13(7-4-11)28(25,26)21(10-16(23)27-2)17(19)15-9-12(22)5-8-14(15)18(20)24/h3-9,17,22H,10H2,1-2H3. The van der Waals surface area contributed by atoms with Crippen LogP contribution in [0.15, 0.2) is 47.4 Å². The Morgan fingerprint density at radius 1 is 1.18 bits per heavy atom. The van der Waals surface area contributed by atoms with Crippen LogP contribution in [-0.4, -0.2) is 42.7 Å². The van der Waals surface area contributed by atoms with Crippen LogP contribution in [0.4, 0.5) is 0 Å². The largest absolute Gasteiger partial charge is 0.508 e. The van der Waals surface area contributed by atoms with Crippen LogP contribution in [0, 0.1) is 6.92 Å². The van der Waals surface area contributed by atoms with Gasteiger partial charge in [-0.3, -0.25) is 9.59 Å². The van der Waals surface area contributed by atoms with Crippen molar-refractivity contribution >= 4 is 44.4 Å². The summed E-state index contributed by atoms with van der Waals surface area (Å²) < 4.78 is 31.5. The van der Waals surface area contributed by atoms with E-state index in [2.05, 4.69) is 4.74 Å². The molecule has 0 saturated heterocycles. The van der Waals surface area contributed by atoms with Crippen molar-refractivity contribution in [2.45, 2.75) is 17.3 Å². The zero-order chi connectivity index (χ0) is 21.1. The van der Waals surface area contributed by atoms with E-state index in [1.165, 1.54) is 24.3 Å². The van der Waals surface area contributed by atoms with Crippen molar-refractivity contribution in [1.29, 1.82) is 0 Å². The summed E-state index contributed by atoms with van der Waals surface area (Å²) in [4.78, 5) is 23.4. The quantitative estimate of drug-likeness (QED) is 0.304. The van der Waals surface area contributed by atoms with Crippen molar-refractivity contribution in [2.24, 2.45) is 0 Å². The Kier molecular flexibility index (Phi) is 7.06. The highest BCUT2D eigenvalue weighted by atomic mass is 35.5. The molecule has 1 N–H and O–H groups in total. The van der Waals surface area contributed by atoms with Crippen LogP contribution < -0.4 is 0 Å². The molecule has 10 heteroatoms. The number of methoxy groups -OCH3 is 1. The van der Waals surface area contributed by atoms with Crippen molar-refractivity contribution in [1.82, 2.24) is 4.31 Å². The summed E-state index contributed by atoms with van der Waals surface area (Å²) in [6, 6.07) is 9.46. The highest BCUT2D eigenvalue weighted by Crippen LogP contribution is 2.35. The second kappa shape index (κ2) is 8.91. The molecule has 28 heavy (non-hydrogen) atoms. The molecule has 0 radical (unpaired) electrons. The predicted molar refractivity (Wildman–Crippen MR) is 104 cm³/mol. The van der Waals surface area contributed by atoms with Gasteiger partial charge in [0.2, 0.25) is 10.0 Å². The van der Waals surface area contributed by atoms with Gasteiger partial charge in [0.1, 0.15) is 17.8 Å². The zero-order valence-electron chi connectivity index (χ0n) is 14.9. The number of carbonyl (C=O) groups excluding carboxylic acids is 2. The molecule has 0 saturated carbocycles. The first kappa shape index (κ1) is 22.2. The van der Waals surface area contributed by atoms with Crippen LogP contribution in [0.3, 0.4) is 0 Å². The number of phenolic OH excluding ortho intramolecular Hbond substituents is 1. The molecule has 0 fully saturated rings. The molecular formula is C18H17Cl2NO6S. The summed E-state index contributed by atoms with van der Waals surface area (Å²) in [6.45, 7) is 1.07. The fraction of sp³-hybridized carbons (Fsp3) is 0.222. The fourth-order valence-corrected chi connectivity index (χ4v) is 4.53. The van der Waals surface area contributed by atoms with Gasteiger partial charge >= 0.3 is 5.97 Å². The number of carbonyl (C=O) groups is 2. The average molecular weight is 446 g/mol. The molecule has 0 aliphatic rings. The van der Waals surface area contributed by atoms with Gasteiger partial charge in [0.25, 0.3) is 5.24 Å². The van der Waals surface area contributed by atoms with E-state index >= 15 is 0 Å². The number of ether oxygens (including phenoxy) is 1. The third kappa shape index (κ3) is 4.82. The lowest BCUT2D eigenvalue weighted by Crippen LogP contribution is -2.37. The van der Waals surface area contributed by atoms with Gasteiger partial charge < -0.3 is 9.84 Å². The van der Waals surface area contributed by atoms with Crippen molar-refractivity contribution in [3.63, 3.8) is 0 Å². The Balaban J connectivity index is 2.61. The van der Waals surface area contributed by atoms with Crippen LogP contribution >= 0.6 is 23.2 Å². The summed E-state index contributed by atoms with van der Waals surface area (Å²) in [6.07, 6.45) is 0. The number of hydrogen-bond donors (Lipinski definition) is 1. The summed E-state index contributed by atoms with van der Waals surface area (Å²) in [5.41, 5.74) is -0.853. The van der Waals surface area contributed by atoms with Gasteiger partial charge in [-0.1, -0.05) is 29.3 Å². The number of benzene rings is 2. The van der Waals surface area contributed by atoms with E-state index in [1.807, 2.05) is 0 Å². The topological polar surface area (TPSA) is 101 Å². The first-order chi connectivity index (χ1) is 13.1. The third-order valence-electron chi connectivity index (χ3n) is 3.90. The lowest BCUT2D eigenvalue weighted by Gasteiger charge is -2.27. The monoisotopic (exact) mass is 445 g/mol. The molecule has 0 spiro atoms. The van der Waals surface area contributed by atoms with E-state index in [9.17, 15) is 23.1 Å². The lowest BCUT2D eigenvalue weighted by molar-refractivity contribution is -0.140. The van der Waals surface area contributed by atoms with Crippen LogP contribution in [0.5, 0.6) is 5.75 Å². The number of aryl methyl sites for hydroxylation is 1. The van der Waals surface area contributed by atoms with Gasteiger partial charge in [0.15, 0.2) is 0 Å². The Morgan fingerprint density at radius 2 is 1.79 bits per heavy atom. The average Bonchev–Trinajstić information content (AvgIpc) is 2.65. The number of sulfonamides is 1. The van der Waals surface area contributed by atoms with Gasteiger partial charge in [-0.15, -0.1) is 0 Å². The number of halogens is 2. The Hall–Kier alpha value is -2.13. The summed E-state index contributed by atoms with van der Waals surface area (Å²) in [7, 11) is -3.16. The van der Waals surface area contributed by atoms with Gasteiger partial charge in [0.05, 0.1) is 12.0 Å². The maximum Gasteiger partial charge on any atom is 0.321 e. The molecule has 0 heterocycles. The molecule has 0 aliphatic heterocycles. The van der Waals surface area contributed by atoms with Gasteiger partial charge in [-0.2, -0.15) is 4.31 Å². The number of aromatic hydroxyl groups is 1. The number of nitrogens with zero attached hydrogens (tertiary/aromatic N) is 1. The van der Waals surface area contributed by atoms with Crippen LogP contribution in [-0.2, 0) is 19.6 Å². The molecule has 150 valence electrons. The Bertz CT molecular complexity index is 992. The summed E-state index contributed by atoms with van der Waals surface area (Å²) in [5.74, 6) is -1.12. The van der Waals surface area contributed by atoms with Crippen LogP contribution in [0.2, 0.25) is 0 Å². The van der Waals surface area contributed by atoms with E-state index in [-0.39, 0.29) is 21.8 Å². The SMILES string of the molecule is COC(=O)CN(C(Cl)c1cc(O)ccc1C(=O)Cl)S(=O)(=O)c1ccc(C)cc1. The molecule has 0 aliphatic carbocycles. The lowest BCUT2D eigenvalue weighted by atomic mass is 10.1. The zero-order valence-corrected chi connectivity index (χ0v) is 17.3. The maximum absolute atomic E-state index is 13.1. The van der Waals surface area contributed by atoms with E-state index < -0.39 is 33.3 Å². The number of rotatable bonds is 7. The number of hydrogen-bond acceptors (Lipinski definition) is 6. The van der Waals surface area contributed by atoms with E-state index in [0.29, 0.717) is 4.31 Å². The van der Waals surface area contributed by atoms with Crippen molar-refractivity contribution in [3.8, 4) is 5.75 Å². The minimum atomic E-state index is -4.26. The van der Waals surface area contributed by atoms with Gasteiger partial charge in [0, 0.05) is 11.1 Å². The molecule has 1 unspecified atom stereocenters. The van der Waals surface area contributed by atoms with E-state index in [4.69, 9.17) is 23.2 Å². The van der Waals surface area contributed by atoms with Crippen molar-refractivity contribution in [2.75, 3.05) is 13.7 Å². The summed E-state index contributed by atoms with van der Waals surface area (Å²) in [5, 5.41) is 8.86. The highest BCUT2D eigenvalue weighted by molar-refractivity contribution is 7.89. The minimum Gasteiger partial charge on any atom is -0.508 e. The fourth-order valence-electron chi connectivity index (χ4n) is 2.41. The molecule has 2 rings (SSSR count). The van der Waals surface area contributed by atoms with Crippen LogP contribution in [0.25, 0.3) is 0 Å². The second-order valence-electron chi connectivity index (χ2n) is 5.82. The van der Waals surface area contributed by atoms with Gasteiger partial charge in [-0.05, 0) is 48.9 Å². The molecule has 2 aromatic rings. The van der Waals surface area contributed by atoms with E-state index in [1.54, 1.807) is 19.1 Å². The number of esters is 1. The maximum atomic E-state index is 13.1. The molecule has 0 bridgehead atoms. The Morgan fingerprint density at radius 3 is 2.32 bits per heavy atom. The van der Waals surface area contributed by atoms with Crippen LogP contribution in [0.1, 0.15) is 27.0 Å². The van der Waals surface area contributed by atoms with Crippen molar-refractivity contribution < 1.29 is 27.9 Å². The number of phenols is 1. The van der Waals surface area contributed by atoms with Crippen molar-refractivity contribution in [3.05, 3.63) is 59.2 Å². The van der Waals surface area contributed by atoms with E-state index in [0.717, 1.165) is 18.7 Å². The first-order valence-electron chi connectivity index (χ1n) is 7.90. The highest BCUT2D eigenvalue weighted by Gasteiger charge is 2.35. The second-order valence-corrected chi connectivity index (χ2v) is 8.47. The smallest absolute Gasteiger partial charge is 0.321 e. The molecular weight excluding hydrogens is 429 g/mol. The number of alkyl halides is 1. The molecule has 0 aromatic heterocycles. The minimum absolute atomic E-state index is 0.0683. The molecule has 0 amide bonds. The Labute approximate surface area is 172 Å². The third-order valence-corrected chi connectivity index (χ3v) is 6.51. The van der Waals surface area contributed by atoms with Gasteiger partial charge in [-0.25, -0.2) is 8.42 Å². The normalized spacial score (nSPS) is 12.6. The first-order valence-corrected chi connectivity index (χ1v) is 10.2. The molecule has 1 atom stereocenters. The molecule has 7 nitrogen and oxygen atoms in total. The molecule has 2 aromatic carbocycles. The predicted octanol–water partition coefficient (Wildman–Crippen LogP) is 3.18. The summed E-state index contributed by atoms with van der Waals surface area (Å²) >= 11 is 11.9.